The standard InChI is InChI=1S/C16H19ClN2/c1-11-9-19(10-12(11)2)16-7-13(8-17)14-5-3-4-6-15(14)18-16/h3-7,11-12H,8-10H2,1-2H3. The van der Waals surface area contributed by atoms with E-state index in [-0.39, 0.29) is 0 Å². The Kier molecular flexibility index (Phi) is 3.36. The molecule has 1 aliphatic heterocycles. The van der Waals surface area contributed by atoms with E-state index in [2.05, 4.69) is 36.9 Å². The fourth-order valence-electron chi connectivity index (χ4n) is 2.82. The summed E-state index contributed by atoms with van der Waals surface area (Å²) in [5.41, 5.74) is 2.22. The number of rotatable bonds is 2. The van der Waals surface area contributed by atoms with E-state index in [0.29, 0.717) is 5.88 Å². The summed E-state index contributed by atoms with van der Waals surface area (Å²) in [4.78, 5) is 7.19. The summed E-state index contributed by atoms with van der Waals surface area (Å²) in [6.45, 7) is 6.81. The van der Waals surface area contributed by atoms with Gasteiger partial charge in [0.1, 0.15) is 5.82 Å². The van der Waals surface area contributed by atoms with Crippen molar-refractivity contribution in [3.63, 3.8) is 0 Å². The van der Waals surface area contributed by atoms with E-state index in [4.69, 9.17) is 16.6 Å². The Hall–Kier alpha value is -1.28. The van der Waals surface area contributed by atoms with Crippen molar-refractivity contribution in [1.29, 1.82) is 0 Å². The van der Waals surface area contributed by atoms with Gasteiger partial charge in [0, 0.05) is 24.4 Å². The Morgan fingerprint density at radius 3 is 2.58 bits per heavy atom. The van der Waals surface area contributed by atoms with Gasteiger partial charge in [0.25, 0.3) is 0 Å². The Morgan fingerprint density at radius 1 is 1.21 bits per heavy atom. The first kappa shape index (κ1) is 12.7. The quantitative estimate of drug-likeness (QED) is 0.768. The van der Waals surface area contributed by atoms with Crippen LogP contribution in [-0.2, 0) is 5.88 Å². The molecule has 0 N–H and O–H groups in total. The number of pyridine rings is 1. The Morgan fingerprint density at radius 2 is 1.89 bits per heavy atom. The SMILES string of the molecule is CC1CN(c2cc(CCl)c3ccccc3n2)CC1C. The van der Waals surface area contributed by atoms with Crippen molar-refractivity contribution < 1.29 is 0 Å². The van der Waals surface area contributed by atoms with Gasteiger partial charge < -0.3 is 4.90 Å². The van der Waals surface area contributed by atoms with E-state index in [1.54, 1.807) is 0 Å². The highest BCUT2D eigenvalue weighted by Crippen LogP contribution is 2.30. The zero-order chi connectivity index (χ0) is 13.4. The van der Waals surface area contributed by atoms with Crippen molar-refractivity contribution in [2.45, 2.75) is 19.7 Å². The molecule has 1 saturated heterocycles. The second-order valence-corrected chi connectivity index (χ2v) is 5.92. The summed E-state index contributed by atoms with van der Waals surface area (Å²) in [5.74, 6) is 3.07. The molecule has 2 atom stereocenters. The van der Waals surface area contributed by atoms with Crippen LogP contribution in [0, 0.1) is 11.8 Å². The van der Waals surface area contributed by atoms with Crippen LogP contribution in [0.3, 0.4) is 0 Å². The number of benzene rings is 1. The lowest BCUT2D eigenvalue weighted by Gasteiger charge is -2.19. The maximum atomic E-state index is 6.10. The molecule has 0 radical (unpaired) electrons. The maximum absolute atomic E-state index is 6.10. The lowest BCUT2D eigenvalue weighted by Crippen LogP contribution is -2.21. The highest BCUT2D eigenvalue weighted by atomic mass is 35.5. The van der Waals surface area contributed by atoms with Crippen LogP contribution in [0.2, 0.25) is 0 Å². The topological polar surface area (TPSA) is 16.1 Å². The third-order valence-electron chi connectivity index (χ3n) is 4.24. The van der Waals surface area contributed by atoms with Crippen LogP contribution < -0.4 is 4.90 Å². The molecular weight excluding hydrogens is 256 g/mol. The summed E-state index contributed by atoms with van der Waals surface area (Å²) in [6, 6.07) is 10.4. The van der Waals surface area contributed by atoms with Crippen molar-refractivity contribution in [3.05, 3.63) is 35.9 Å². The van der Waals surface area contributed by atoms with Crippen LogP contribution in [-0.4, -0.2) is 18.1 Å². The van der Waals surface area contributed by atoms with Crippen molar-refractivity contribution >= 4 is 28.3 Å². The second kappa shape index (κ2) is 5.01. The van der Waals surface area contributed by atoms with Crippen LogP contribution in [0.15, 0.2) is 30.3 Å². The summed E-state index contributed by atoms with van der Waals surface area (Å²) in [5, 5.41) is 1.17. The third kappa shape index (κ3) is 2.30. The highest BCUT2D eigenvalue weighted by molar-refractivity contribution is 6.18. The molecule has 2 nitrogen and oxygen atoms in total. The number of fused-ring (bicyclic) bond motifs is 1. The van der Waals surface area contributed by atoms with Crippen molar-refractivity contribution in [3.8, 4) is 0 Å². The van der Waals surface area contributed by atoms with E-state index in [1.165, 1.54) is 10.9 Å². The van der Waals surface area contributed by atoms with Crippen LogP contribution >= 0.6 is 11.6 Å². The minimum Gasteiger partial charge on any atom is -0.356 e. The van der Waals surface area contributed by atoms with Gasteiger partial charge in [-0.1, -0.05) is 32.0 Å². The van der Waals surface area contributed by atoms with Gasteiger partial charge in [0.05, 0.1) is 5.52 Å². The number of hydrogen-bond acceptors (Lipinski definition) is 2. The molecule has 0 bridgehead atoms. The molecule has 1 aliphatic rings. The summed E-state index contributed by atoms with van der Waals surface area (Å²) in [6.07, 6.45) is 0. The average molecular weight is 275 g/mol. The molecule has 19 heavy (non-hydrogen) atoms. The zero-order valence-electron chi connectivity index (χ0n) is 11.4. The van der Waals surface area contributed by atoms with Crippen LogP contribution in [0.1, 0.15) is 19.4 Å². The lowest BCUT2D eigenvalue weighted by molar-refractivity contribution is 0.494. The molecule has 100 valence electrons. The Labute approximate surface area is 119 Å². The molecular formula is C16H19ClN2. The smallest absolute Gasteiger partial charge is 0.129 e. The molecule has 3 heteroatoms. The Balaban J connectivity index is 2.05. The molecule has 0 spiro atoms. The van der Waals surface area contributed by atoms with E-state index >= 15 is 0 Å². The fourth-order valence-corrected chi connectivity index (χ4v) is 3.04. The van der Waals surface area contributed by atoms with Gasteiger partial charge in [-0.2, -0.15) is 0 Å². The third-order valence-corrected chi connectivity index (χ3v) is 4.53. The molecule has 2 aromatic rings. The predicted molar refractivity (Wildman–Crippen MR) is 81.8 cm³/mol. The van der Waals surface area contributed by atoms with Gasteiger partial charge >= 0.3 is 0 Å². The molecule has 0 amide bonds. The van der Waals surface area contributed by atoms with Crippen molar-refractivity contribution in [2.24, 2.45) is 11.8 Å². The number of anilines is 1. The number of hydrogen-bond donors (Lipinski definition) is 0. The van der Waals surface area contributed by atoms with Gasteiger partial charge in [-0.05, 0) is 29.5 Å². The normalized spacial score (nSPS) is 23.2. The van der Waals surface area contributed by atoms with Crippen LogP contribution in [0.4, 0.5) is 5.82 Å². The number of aromatic nitrogens is 1. The molecule has 0 aliphatic carbocycles. The molecule has 2 unspecified atom stereocenters. The molecule has 0 saturated carbocycles. The van der Waals surface area contributed by atoms with Crippen LogP contribution in [0.25, 0.3) is 10.9 Å². The van der Waals surface area contributed by atoms with Crippen LogP contribution in [0.5, 0.6) is 0 Å². The monoisotopic (exact) mass is 274 g/mol. The molecule has 2 heterocycles. The number of nitrogens with zero attached hydrogens (tertiary/aromatic N) is 2. The average Bonchev–Trinajstić information content (AvgIpc) is 2.77. The highest BCUT2D eigenvalue weighted by Gasteiger charge is 2.27. The summed E-state index contributed by atoms with van der Waals surface area (Å²) >= 11 is 6.10. The summed E-state index contributed by atoms with van der Waals surface area (Å²) < 4.78 is 0. The number of halogens is 1. The van der Waals surface area contributed by atoms with E-state index in [0.717, 1.165) is 36.3 Å². The van der Waals surface area contributed by atoms with Gasteiger partial charge in [-0.3, -0.25) is 0 Å². The predicted octanol–water partition coefficient (Wildman–Crippen LogP) is 4.07. The zero-order valence-corrected chi connectivity index (χ0v) is 12.2. The van der Waals surface area contributed by atoms with Gasteiger partial charge in [-0.15, -0.1) is 11.6 Å². The molecule has 3 rings (SSSR count). The molecule has 1 aromatic carbocycles. The minimum atomic E-state index is 0.537. The van der Waals surface area contributed by atoms with Crippen molar-refractivity contribution in [2.75, 3.05) is 18.0 Å². The largest absolute Gasteiger partial charge is 0.356 e. The van der Waals surface area contributed by atoms with E-state index in [9.17, 15) is 0 Å². The molecule has 1 aromatic heterocycles. The number of para-hydroxylation sites is 1. The van der Waals surface area contributed by atoms with Crippen molar-refractivity contribution in [1.82, 2.24) is 4.98 Å². The first-order chi connectivity index (χ1) is 9.19. The minimum absolute atomic E-state index is 0.537. The van der Waals surface area contributed by atoms with Gasteiger partial charge in [0.15, 0.2) is 0 Å². The molecule has 1 fully saturated rings. The lowest BCUT2D eigenvalue weighted by atomic mass is 10.0. The Bertz CT molecular complexity index is 586. The second-order valence-electron chi connectivity index (χ2n) is 5.65. The maximum Gasteiger partial charge on any atom is 0.129 e. The first-order valence-corrected chi connectivity index (χ1v) is 7.42. The van der Waals surface area contributed by atoms with E-state index in [1.807, 2.05) is 12.1 Å². The van der Waals surface area contributed by atoms with Gasteiger partial charge in [-0.25, -0.2) is 4.98 Å². The summed E-state index contributed by atoms with van der Waals surface area (Å²) in [7, 11) is 0. The van der Waals surface area contributed by atoms with E-state index < -0.39 is 0 Å². The van der Waals surface area contributed by atoms with Gasteiger partial charge in [0.2, 0.25) is 0 Å². The number of alkyl halides is 1. The fraction of sp³-hybridized carbons (Fsp3) is 0.438. The first-order valence-electron chi connectivity index (χ1n) is 6.88.